The van der Waals surface area contributed by atoms with Gasteiger partial charge in [0.15, 0.2) is 0 Å². The van der Waals surface area contributed by atoms with Crippen molar-refractivity contribution in [2.24, 2.45) is 5.10 Å². The Morgan fingerprint density at radius 3 is 2.91 bits per heavy atom. The molecule has 0 fully saturated rings. The van der Waals surface area contributed by atoms with Crippen molar-refractivity contribution >= 4 is 34.5 Å². The van der Waals surface area contributed by atoms with E-state index in [4.69, 9.17) is 0 Å². The quantitative estimate of drug-likeness (QED) is 0.589. The number of hydrogen-bond acceptors (Lipinski definition) is 4. The number of imidazole rings is 1. The molecular formula is C17H18N4OS. The predicted molar refractivity (Wildman–Crippen MR) is 94.3 cm³/mol. The number of fused-ring (bicyclic) bond motifs is 1. The standard InChI is InChI=1S/C17H18N4OS/c1-4-21-12(3)19-14-9-13(5-6-15(14)21)17(22)20-18-10-16-11(2)7-8-23-16/h5-10H,4H2,1-3H3,(H,20,22). The maximum atomic E-state index is 12.2. The summed E-state index contributed by atoms with van der Waals surface area (Å²) in [6, 6.07) is 7.56. The van der Waals surface area contributed by atoms with Gasteiger partial charge < -0.3 is 4.57 Å². The minimum Gasteiger partial charge on any atom is -0.329 e. The first-order chi connectivity index (χ1) is 11.1. The molecule has 0 saturated heterocycles. The number of hydrogen-bond donors (Lipinski definition) is 1. The summed E-state index contributed by atoms with van der Waals surface area (Å²) in [5, 5.41) is 6.03. The SMILES string of the molecule is CCn1c(C)nc2cc(C(=O)NN=Cc3sccc3C)ccc21. The third kappa shape index (κ3) is 3.03. The normalized spacial score (nSPS) is 11.4. The smallest absolute Gasteiger partial charge is 0.271 e. The van der Waals surface area contributed by atoms with Crippen LogP contribution in [0.3, 0.4) is 0 Å². The lowest BCUT2D eigenvalue weighted by Crippen LogP contribution is -2.17. The lowest BCUT2D eigenvalue weighted by atomic mass is 10.2. The van der Waals surface area contributed by atoms with E-state index >= 15 is 0 Å². The Balaban J connectivity index is 1.78. The Bertz CT molecular complexity index is 891. The van der Waals surface area contributed by atoms with Gasteiger partial charge in [0.2, 0.25) is 0 Å². The Morgan fingerprint density at radius 2 is 2.22 bits per heavy atom. The number of hydrazone groups is 1. The molecule has 0 aliphatic heterocycles. The van der Waals surface area contributed by atoms with Crippen molar-refractivity contribution in [3.63, 3.8) is 0 Å². The first-order valence-corrected chi connectivity index (χ1v) is 8.32. The number of rotatable bonds is 4. The van der Waals surface area contributed by atoms with E-state index in [9.17, 15) is 4.79 Å². The second-order valence-electron chi connectivity index (χ2n) is 5.27. The van der Waals surface area contributed by atoms with Gasteiger partial charge in [-0.15, -0.1) is 11.3 Å². The Hall–Kier alpha value is -2.47. The number of nitrogens with one attached hydrogen (secondary N) is 1. The van der Waals surface area contributed by atoms with Crippen molar-refractivity contribution in [3.8, 4) is 0 Å². The van der Waals surface area contributed by atoms with E-state index in [1.54, 1.807) is 29.7 Å². The van der Waals surface area contributed by atoms with Crippen LogP contribution in [0.2, 0.25) is 0 Å². The molecule has 0 spiro atoms. The average Bonchev–Trinajstić information content (AvgIpc) is 3.08. The molecule has 0 aliphatic rings. The van der Waals surface area contributed by atoms with Crippen molar-refractivity contribution < 1.29 is 4.79 Å². The number of carbonyl (C=O) groups excluding carboxylic acids is 1. The van der Waals surface area contributed by atoms with Crippen LogP contribution in [-0.2, 0) is 6.54 Å². The van der Waals surface area contributed by atoms with Crippen LogP contribution in [-0.4, -0.2) is 21.7 Å². The number of thiophene rings is 1. The summed E-state index contributed by atoms with van der Waals surface area (Å²) in [6.07, 6.45) is 1.67. The van der Waals surface area contributed by atoms with Gasteiger partial charge in [0, 0.05) is 17.0 Å². The molecule has 0 aliphatic carbocycles. The highest BCUT2D eigenvalue weighted by molar-refractivity contribution is 7.11. The van der Waals surface area contributed by atoms with Crippen LogP contribution >= 0.6 is 11.3 Å². The third-order valence-corrected chi connectivity index (χ3v) is 4.72. The number of aromatic nitrogens is 2. The minimum absolute atomic E-state index is 0.235. The van der Waals surface area contributed by atoms with Crippen LogP contribution in [0.5, 0.6) is 0 Å². The van der Waals surface area contributed by atoms with E-state index in [1.165, 1.54) is 0 Å². The molecule has 0 atom stereocenters. The highest BCUT2D eigenvalue weighted by atomic mass is 32.1. The molecule has 23 heavy (non-hydrogen) atoms. The van der Waals surface area contributed by atoms with Crippen molar-refractivity contribution in [1.82, 2.24) is 15.0 Å². The van der Waals surface area contributed by atoms with Gasteiger partial charge in [0.05, 0.1) is 17.2 Å². The largest absolute Gasteiger partial charge is 0.329 e. The molecule has 3 rings (SSSR count). The van der Waals surface area contributed by atoms with Gasteiger partial charge in [0.25, 0.3) is 5.91 Å². The molecule has 1 aromatic carbocycles. The second kappa shape index (κ2) is 6.34. The van der Waals surface area contributed by atoms with Crippen LogP contribution in [0.4, 0.5) is 0 Å². The van der Waals surface area contributed by atoms with Crippen molar-refractivity contribution in [2.75, 3.05) is 0 Å². The molecule has 3 aromatic rings. The molecule has 5 nitrogen and oxygen atoms in total. The molecule has 2 heterocycles. The molecule has 2 aromatic heterocycles. The van der Waals surface area contributed by atoms with E-state index in [2.05, 4.69) is 27.0 Å². The lowest BCUT2D eigenvalue weighted by Gasteiger charge is -2.03. The zero-order valence-corrected chi connectivity index (χ0v) is 14.1. The topological polar surface area (TPSA) is 59.3 Å². The van der Waals surface area contributed by atoms with E-state index in [-0.39, 0.29) is 5.91 Å². The Morgan fingerprint density at radius 1 is 1.39 bits per heavy atom. The fraction of sp³-hybridized carbons (Fsp3) is 0.235. The Kier molecular flexibility index (Phi) is 4.25. The van der Waals surface area contributed by atoms with Gasteiger partial charge in [-0.25, -0.2) is 10.4 Å². The summed E-state index contributed by atoms with van der Waals surface area (Å²) in [5.41, 5.74) is 6.14. The van der Waals surface area contributed by atoms with Gasteiger partial charge in [-0.3, -0.25) is 4.79 Å². The van der Waals surface area contributed by atoms with E-state index in [0.29, 0.717) is 5.56 Å². The number of amides is 1. The van der Waals surface area contributed by atoms with Crippen LogP contribution < -0.4 is 5.43 Å². The highest BCUT2D eigenvalue weighted by Gasteiger charge is 2.10. The summed E-state index contributed by atoms with van der Waals surface area (Å²) >= 11 is 1.59. The van der Waals surface area contributed by atoms with E-state index in [1.807, 2.05) is 31.4 Å². The lowest BCUT2D eigenvalue weighted by molar-refractivity contribution is 0.0955. The second-order valence-corrected chi connectivity index (χ2v) is 6.22. The number of nitrogens with zero attached hydrogens (tertiary/aromatic N) is 3. The first-order valence-electron chi connectivity index (χ1n) is 7.44. The first kappa shape index (κ1) is 15.4. The van der Waals surface area contributed by atoms with Gasteiger partial charge >= 0.3 is 0 Å². The fourth-order valence-corrected chi connectivity index (χ4v) is 3.31. The summed E-state index contributed by atoms with van der Waals surface area (Å²) in [7, 11) is 0. The molecule has 1 N–H and O–H groups in total. The van der Waals surface area contributed by atoms with Gasteiger partial charge in [-0.05, 0) is 56.0 Å². The Labute approximate surface area is 138 Å². The minimum atomic E-state index is -0.235. The molecular weight excluding hydrogens is 308 g/mol. The zero-order chi connectivity index (χ0) is 16.4. The maximum Gasteiger partial charge on any atom is 0.271 e. The molecule has 0 radical (unpaired) electrons. The fourth-order valence-electron chi connectivity index (χ4n) is 2.52. The van der Waals surface area contributed by atoms with Crippen molar-refractivity contribution in [1.29, 1.82) is 0 Å². The summed E-state index contributed by atoms with van der Waals surface area (Å²) in [6.45, 7) is 6.92. The molecule has 1 amide bonds. The summed E-state index contributed by atoms with van der Waals surface area (Å²) in [5.74, 6) is 0.715. The third-order valence-electron chi connectivity index (χ3n) is 3.77. The molecule has 0 saturated carbocycles. The zero-order valence-electron chi connectivity index (χ0n) is 13.3. The predicted octanol–water partition coefficient (Wildman–Crippen LogP) is 3.50. The van der Waals surface area contributed by atoms with Crippen LogP contribution in [0.15, 0.2) is 34.7 Å². The van der Waals surface area contributed by atoms with Gasteiger partial charge in [-0.2, -0.15) is 5.10 Å². The molecule has 0 bridgehead atoms. The van der Waals surface area contributed by atoms with Crippen molar-refractivity contribution in [2.45, 2.75) is 27.3 Å². The molecule has 6 heteroatoms. The number of aryl methyl sites for hydroxylation is 3. The monoisotopic (exact) mass is 326 g/mol. The highest BCUT2D eigenvalue weighted by Crippen LogP contribution is 2.18. The average molecular weight is 326 g/mol. The summed E-state index contributed by atoms with van der Waals surface area (Å²) < 4.78 is 2.12. The van der Waals surface area contributed by atoms with Crippen LogP contribution in [0.25, 0.3) is 11.0 Å². The van der Waals surface area contributed by atoms with E-state index in [0.717, 1.165) is 33.8 Å². The molecule has 0 unspecified atom stereocenters. The van der Waals surface area contributed by atoms with Crippen LogP contribution in [0, 0.1) is 13.8 Å². The number of carbonyl (C=O) groups is 1. The molecule has 118 valence electrons. The maximum absolute atomic E-state index is 12.2. The van der Waals surface area contributed by atoms with Crippen molar-refractivity contribution in [3.05, 3.63) is 51.5 Å². The van der Waals surface area contributed by atoms with Gasteiger partial charge in [-0.1, -0.05) is 0 Å². The number of benzene rings is 1. The van der Waals surface area contributed by atoms with Gasteiger partial charge in [0.1, 0.15) is 5.82 Å². The van der Waals surface area contributed by atoms with Crippen LogP contribution in [0.1, 0.15) is 33.5 Å². The summed E-state index contributed by atoms with van der Waals surface area (Å²) in [4.78, 5) is 17.8. The van der Waals surface area contributed by atoms with E-state index < -0.39 is 0 Å².